The Labute approximate surface area is 114 Å². The number of esters is 1. The van der Waals surface area contributed by atoms with Crippen LogP contribution in [0.4, 0.5) is 0 Å². The van der Waals surface area contributed by atoms with E-state index < -0.39 is 5.41 Å². The molecule has 104 valence electrons. The van der Waals surface area contributed by atoms with Crippen molar-refractivity contribution in [2.45, 2.75) is 39.5 Å². The van der Waals surface area contributed by atoms with Crippen LogP contribution in [0.5, 0.6) is 5.75 Å². The highest BCUT2D eigenvalue weighted by atomic mass is 16.5. The van der Waals surface area contributed by atoms with Gasteiger partial charge in [0, 0.05) is 0 Å². The Bertz CT molecular complexity index is 505. The second kappa shape index (κ2) is 4.55. The van der Waals surface area contributed by atoms with Gasteiger partial charge in [0.15, 0.2) is 0 Å². The molecule has 19 heavy (non-hydrogen) atoms. The van der Waals surface area contributed by atoms with Gasteiger partial charge in [-0.3, -0.25) is 4.79 Å². The van der Waals surface area contributed by atoms with E-state index in [-0.39, 0.29) is 11.4 Å². The summed E-state index contributed by atoms with van der Waals surface area (Å²) in [6, 6.07) is 5.99. The number of aryl methyl sites for hydroxylation is 1. The molecule has 1 aromatic rings. The lowest BCUT2D eigenvalue weighted by molar-refractivity contribution is -0.144. The standard InChI is InChI=1S/C16H22O3/c1-6-19-13-8-7-12(9-11(13)2)16(14(17)18-5)10-15(16,3)4/h7-9H,6,10H2,1-5H3. The molecule has 0 radical (unpaired) electrons. The van der Waals surface area contributed by atoms with Gasteiger partial charge in [0.25, 0.3) is 0 Å². The van der Waals surface area contributed by atoms with Crippen LogP contribution in [0.1, 0.15) is 38.3 Å². The summed E-state index contributed by atoms with van der Waals surface area (Å²) in [4.78, 5) is 12.2. The van der Waals surface area contributed by atoms with Gasteiger partial charge in [-0.05, 0) is 42.9 Å². The Balaban J connectivity index is 2.41. The Hall–Kier alpha value is -1.51. The normalized spacial score (nSPS) is 23.8. The first kappa shape index (κ1) is 13.9. The van der Waals surface area contributed by atoms with Crippen LogP contribution in [-0.2, 0) is 14.9 Å². The Morgan fingerprint density at radius 1 is 1.37 bits per heavy atom. The van der Waals surface area contributed by atoms with E-state index in [1.54, 1.807) is 0 Å². The zero-order valence-corrected chi connectivity index (χ0v) is 12.4. The average molecular weight is 262 g/mol. The predicted molar refractivity (Wildman–Crippen MR) is 74.4 cm³/mol. The number of benzene rings is 1. The maximum absolute atomic E-state index is 12.2. The minimum Gasteiger partial charge on any atom is -0.494 e. The van der Waals surface area contributed by atoms with Crippen molar-refractivity contribution in [2.24, 2.45) is 5.41 Å². The molecule has 1 unspecified atom stereocenters. The van der Waals surface area contributed by atoms with Gasteiger partial charge < -0.3 is 9.47 Å². The summed E-state index contributed by atoms with van der Waals surface area (Å²) in [7, 11) is 1.46. The molecule has 3 nitrogen and oxygen atoms in total. The number of hydrogen-bond acceptors (Lipinski definition) is 3. The molecule has 1 fully saturated rings. The van der Waals surface area contributed by atoms with Crippen LogP contribution in [-0.4, -0.2) is 19.7 Å². The molecule has 0 bridgehead atoms. The van der Waals surface area contributed by atoms with Crippen LogP contribution in [0.15, 0.2) is 18.2 Å². The van der Waals surface area contributed by atoms with Gasteiger partial charge in [-0.25, -0.2) is 0 Å². The maximum Gasteiger partial charge on any atom is 0.316 e. The summed E-state index contributed by atoms with van der Waals surface area (Å²) in [5.74, 6) is 0.741. The zero-order chi connectivity index (χ0) is 14.3. The molecular weight excluding hydrogens is 240 g/mol. The summed E-state index contributed by atoms with van der Waals surface area (Å²) in [6.45, 7) is 8.83. The molecular formula is C16H22O3. The molecule has 0 heterocycles. The maximum atomic E-state index is 12.2. The van der Waals surface area contributed by atoms with Crippen molar-refractivity contribution in [3.8, 4) is 5.75 Å². The summed E-state index contributed by atoms with van der Waals surface area (Å²) >= 11 is 0. The summed E-state index contributed by atoms with van der Waals surface area (Å²) in [5, 5.41) is 0. The lowest BCUT2D eigenvalue weighted by Gasteiger charge is -2.20. The van der Waals surface area contributed by atoms with Crippen LogP contribution < -0.4 is 4.74 Å². The molecule has 0 aliphatic heterocycles. The van der Waals surface area contributed by atoms with E-state index >= 15 is 0 Å². The Morgan fingerprint density at radius 3 is 2.42 bits per heavy atom. The minimum absolute atomic E-state index is 0.0420. The highest BCUT2D eigenvalue weighted by Crippen LogP contribution is 2.65. The average Bonchev–Trinajstić information content (AvgIpc) is 2.95. The van der Waals surface area contributed by atoms with Crippen molar-refractivity contribution in [2.75, 3.05) is 13.7 Å². The SMILES string of the molecule is CCOc1ccc(C2(C(=O)OC)CC2(C)C)cc1C. The molecule has 0 N–H and O–H groups in total. The molecule has 3 heteroatoms. The first-order valence-corrected chi connectivity index (χ1v) is 6.71. The molecule has 1 aliphatic rings. The van der Waals surface area contributed by atoms with Crippen LogP contribution in [0.25, 0.3) is 0 Å². The summed E-state index contributed by atoms with van der Waals surface area (Å²) in [6.07, 6.45) is 0.833. The van der Waals surface area contributed by atoms with E-state index in [0.717, 1.165) is 23.3 Å². The zero-order valence-electron chi connectivity index (χ0n) is 12.4. The van der Waals surface area contributed by atoms with E-state index in [1.807, 2.05) is 26.0 Å². The Kier molecular flexibility index (Phi) is 3.33. The second-order valence-electron chi connectivity index (χ2n) is 5.87. The third kappa shape index (κ3) is 2.01. The van der Waals surface area contributed by atoms with Gasteiger partial charge in [-0.15, -0.1) is 0 Å². The third-order valence-electron chi connectivity index (χ3n) is 4.24. The number of carbonyl (C=O) groups is 1. The van der Waals surface area contributed by atoms with E-state index in [1.165, 1.54) is 7.11 Å². The minimum atomic E-state index is -0.489. The molecule has 1 atom stereocenters. The van der Waals surface area contributed by atoms with Crippen molar-refractivity contribution < 1.29 is 14.3 Å². The van der Waals surface area contributed by atoms with Crippen molar-refractivity contribution >= 4 is 5.97 Å². The molecule has 0 aromatic heterocycles. The molecule has 0 saturated heterocycles. The summed E-state index contributed by atoms with van der Waals surface area (Å²) in [5.41, 5.74) is 1.56. The number of hydrogen-bond donors (Lipinski definition) is 0. The fourth-order valence-electron chi connectivity index (χ4n) is 2.98. The smallest absolute Gasteiger partial charge is 0.316 e. The predicted octanol–water partition coefficient (Wildman–Crippen LogP) is 3.23. The summed E-state index contributed by atoms with van der Waals surface area (Å²) < 4.78 is 10.6. The molecule has 1 aliphatic carbocycles. The van der Waals surface area contributed by atoms with Crippen molar-refractivity contribution in [3.63, 3.8) is 0 Å². The van der Waals surface area contributed by atoms with Crippen LogP contribution in [0.2, 0.25) is 0 Å². The molecule has 1 saturated carbocycles. The lowest BCUT2D eigenvalue weighted by atomic mass is 9.87. The number of rotatable bonds is 4. The fourth-order valence-corrected chi connectivity index (χ4v) is 2.98. The second-order valence-corrected chi connectivity index (χ2v) is 5.87. The molecule has 1 aromatic carbocycles. The van der Waals surface area contributed by atoms with Gasteiger partial charge in [-0.2, -0.15) is 0 Å². The molecule has 2 rings (SSSR count). The van der Waals surface area contributed by atoms with Gasteiger partial charge >= 0.3 is 5.97 Å². The topological polar surface area (TPSA) is 35.5 Å². The van der Waals surface area contributed by atoms with Gasteiger partial charge in [0.05, 0.1) is 19.1 Å². The highest BCUT2D eigenvalue weighted by molar-refractivity contribution is 5.88. The van der Waals surface area contributed by atoms with Crippen LogP contribution in [0, 0.1) is 12.3 Å². The number of carbonyl (C=O) groups excluding carboxylic acids is 1. The third-order valence-corrected chi connectivity index (χ3v) is 4.24. The first-order valence-electron chi connectivity index (χ1n) is 6.71. The largest absolute Gasteiger partial charge is 0.494 e. The number of ether oxygens (including phenoxy) is 2. The van der Waals surface area contributed by atoms with E-state index in [0.29, 0.717) is 6.61 Å². The van der Waals surface area contributed by atoms with E-state index in [4.69, 9.17) is 9.47 Å². The monoisotopic (exact) mass is 262 g/mol. The van der Waals surface area contributed by atoms with Crippen molar-refractivity contribution in [3.05, 3.63) is 29.3 Å². The van der Waals surface area contributed by atoms with Gasteiger partial charge in [0.1, 0.15) is 5.75 Å². The highest BCUT2D eigenvalue weighted by Gasteiger charge is 2.68. The van der Waals surface area contributed by atoms with E-state index in [2.05, 4.69) is 19.9 Å². The van der Waals surface area contributed by atoms with Crippen molar-refractivity contribution in [1.29, 1.82) is 0 Å². The first-order chi connectivity index (χ1) is 8.89. The van der Waals surface area contributed by atoms with E-state index in [9.17, 15) is 4.79 Å². The lowest BCUT2D eigenvalue weighted by Crippen LogP contribution is -2.27. The molecule has 0 spiro atoms. The molecule has 0 amide bonds. The number of methoxy groups -OCH3 is 1. The fraction of sp³-hybridized carbons (Fsp3) is 0.562. The van der Waals surface area contributed by atoms with Crippen LogP contribution in [0.3, 0.4) is 0 Å². The Morgan fingerprint density at radius 2 is 2.00 bits per heavy atom. The van der Waals surface area contributed by atoms with Crippen LogP contribution >= 0.6 is 0 Å². The quantitative estimate of drug-likeness (QED) is 0.781. The van der Waals surface area contributed by atoms with Crippen molar-refractivity contribution in [1.82, 2.24) is 0 Å². The van der Waals surface area contributed by atoms with Gasteiger partial charge in [-0.1, -0.05) is 26.0 Å². The van der Waals surface area contributed by atoms with Gasteiger partial charge in [0.2, 0.25) is 0 Å².